The fraction of sp³-hybridized carbons (Fsp3) is 0.308. The first-order chi connectivity index (χ1) is 16.2. The Labute approximate surface area is 203 Å². The lowest BCUT2D eigenvalue weighted by Crippen LogP contribution is -2.23. The van der Waals surface area contributed by atoms with Gasteiger partial charge in [0.15, 0.2) is 0 Å². The highest BCUT2D eigenvalue weighted by Crippen LogP contribution is 2.19. The summed E-state index contributed by atoms with van der Waals surface area (Å²) in [5.74, 6) is 1.97. The minimum Gasteiger partial charge on any atom is -0.494 e. The van der Waals surface area contributed by atoms with E-state index in [0.717, 1.165) is 60.6 Å². The van der Waals surface area contributed by atoms with Crippen molar-refractivity contribution in [2.75, 3.05) is 13.2 Å². The van der Waals surface area contributed by atoms with E-state index in [0.29, 0.717) is 18.2 Å². The highest BCUT2D eigenvalue weighted by molar-refractivity contribution is 7.12. The van der Waals surface area contributed by atoms with Crippen LogP contribution in [0.5, 0.6) is 5.75 Å². The number of nitrogens with one attached hydrogen (secondary N) is 1. The largest absolute Gasteiger partial charge is 0.494 e. The number of para-hydroxylation sites is 2. The van der Waals surface area contributed by atoms with E-state index in [1.165, 1.54) is 16.9 Å². The molecule has 0 atom stereocenters. The zero-order valence-electron chi connectivity index (χ0n) is 18.5. The van der Waals surface area contributed by atoms with Gasteiger partial charge < -0.3 is 14.6 Å². The number of hydrogen-bond acceptors (Lipinski definition) is 4. The number of carbonyl (C=O) groups is 1. The van der Waals surface area contributed by atoms with Gasteiger partial charge in [0.1, 0.15) is 11.6 Å². The quantitative estimate of drug-likeness (QED) is 0.239. The molecule has 172 valence electrons. The van der Waals surface area contributed by atoms with Crippen LogP contribution in [0.25, 0.3) is 11.0 Å². The monoisotopic (exact) mass is 481 g/mol. The molecule has 5 nitrogen and oxygen atoms in total. The summed E-state index contributed by atoms with van der Waals surface area (Å²) in [5.41, 5.74) is 2.21. The smallest absolute Gasteiger partial charge is 0.261 e. The Hall–Kier alpha value is -2.83. The average molecular weight is 482 g/mol. The number of benzene rings is 2. The van der Waals surface area contributed by atoms with Gasteiger partial charge in [-0.1, -0.05) is 36.2 Å². The van der Waals surface area contributed by atoms with E-state index in [-0.39, 0.29) is 5.91 Å². The van der Waals surface area contributed by atoms with Gasteiger partial charge in [0, 0.05) is 24.5 Å². The summed E-state index contributed by atoms with van der Waals surface area (Å²) in [6.45, 7) is 2.20. The summed E-state index contributed by atoms with van der Waals surface area (Å²) in [6.07, 6.45) is 4.87. The minimum atomic E-state index is 0.0209. The zero-order valence-corrected chi connectivity index (χ0v) is 20.1. The normalized spacial score (nSPS) is 11.1. The molecule has 0 aliphatic heterocycles. The van der Waals surface area contributed by atoms with Gasteiger partial charge in [0.05, 0.1) is 22.5 Å². The summed E-state index contributed by atoms with van der Waals surface area (Å²) in [4.78, 5) is 17.7. The second kappa shape index (κ2) is 11.9. The lowest BCUT2D eigenvalue weighted by Gasteiger charge is -2.11. The fourth-order valence-corrected chi connectivity index (χ4v) is 4.56. The summed E-state index contributed by atoms with van der Waals surface area (Å²) in [5, 5.41) is 5.63. The lowest BCUT2D eigenvalue weighted by atomic mass is 10.2. The van der Waals surface area contributed by atoms with Crippen molar-refractivity contribution >= 4 is 39.9 Å². The van der Waals surface area contributed by atoms with Crippen LogP contribution in [0.2, 0.25) is 5.02 Å². The summed E-state index contributed by atoms with van der Waals surface area (Å²) in [6, 6.07) is 19.5. The number of imidazole rings is 1. The molecule has 4 aromatic rings. The van der Waals surface area contributed by atoms with Crippen LogP contribution in [0.15, 0.2) is 66.0 Å². The molecule has 0 aliphatic carbocycles. The van der Waals surface area contributed by atoms with E-state index in [2.05, 4.69) is 28.1 Å². The molecule has 0 saturated carbocycles. The number of thiophene rings is 1. The maximum absolute atomic E-state index is 12.0. The van der Waals surface area contributed by atoms with Gasteiger partial charge in [-0.3, -0.25) is 4.79 Å². The van der Waals surface area contributed by atoms with E-state index in [1.54, 1.807) is 0 Å². The summed E-state index contributed by atoms with van der Waals surface area (Å²) in [7, 11) is 0. The molecule has 0 aliphatic rings. The molecule has 1 amide bonds. The second-order valence-electron chi connectivity index (χ2n) is 7.87. The van der Waals surface area contributed by atoms with E-state index >= 15 is 0 Å². The van der Waals surface area contributed by atoms with Crippen molar-refractivity contribution in [1.82, 2.24) is 14.9 Å². The number of hydrogen-bond donors (Lipinski definition) is 1. The van der Waals surface area contributed by atoms with Crippen LogP contribution in [0.4, 0.5) is 0 Å². The number of amides is 1. The van der Waals surface area contributed by atoms with Crippen molar-refractivity contribution in [1.29, 1.82) is 0 Å². The molecule has 0 unspecified atom stereocenters. The van der Waals surface area contributed by atoms with Gasteiger partial charge in [0.2, 0.25) is 0 Å². The minimum absolute atomic E-state index is 0.0209. The Balaban J connectivity index is 1.25. The standard InChI is InChI=1S/C26H28ClN3O2S/c27-20-12-14-21(15-13-20)32-18-7-17-30-23-9-4-3-8-22(23)29-25(30)11-2-1-5-16-28-26(31)24-10-6-19-33-24/h3-4,6,8-10,12-15,19H,1-2,5,7,11,16-18H2,(H,28,31). The number of fused-ring (bicyclic) bond motifs is 1. The predicted molar refractivity (Wildman–Crippen MR) is 136 cm³/mol. The van der Waals surface area contributed by atoms with Gasteiger partial charge in [-0.15, -0.1) is 11.3 Å². The SMILES string of the molecule is O=C(NCCCCCc1nc2ccccc2n1CCCOc1ccc(Cl)cc1)c1cccs1. The third-order valence-electron chi connectivity index (χ3n) is 5.45. The lowest BCUT2D eigenvalue weighted by molar-refractivity contribution is 0.0957. The van der Waals surface area contributed by atoms with Gasteiger partial charge >= 0.3 is 0 Å². The maximum atomic E-state index is 12.0. The molecule has 0 fully saturated rings. The van der Waals surface area contributed by atoms with Crippen LogP contribution in [-0.4, -0.2) is 28.6 Å². The fourth-order valence-electron chi connectivity index (χ4n) is 3.79. The van der Waals surface area contributed by atoms with Gasteiger partial charge in [0.25, 0.3) is 5.91 Å². The molecule has 33 heavy (non-hydrogen) atoms. The predicted octanol–water partition coefficient (Wildman–Crippen LogP) is 6.36. The van der Waals surface area contributed by atoms with Gasteiger partial charge in [-0.25, -0.2) is 4.98 Å². The van der Waals surface area contributed by atoms with Crippen molar-refractivity contribution in [3.05, 3.63) is 81.8 Å². The summed E-state index contributed by atoms with van der Waals surface area (Å²) < 4.78 is 8.18. The molecule has 0 bridgehead atoms. The molecule has 7 heteroatoms. The zero-order chi connectivity index (χ0) is 22.9. The second-order valence-corrected chi connectivity index (χ2v) is 9.25. The number of unbranched alkanes of at least 4 members (excludes halogenated alkanes) is 2. The van der Waals surface area contributed by atoms with E-state index in [9.17, 15) is 4.79 Å². The number of rotatable bonds is 12. The van der Waals surface area contributed by atoms with Crippen molar-refractivity contribution in [3.8, 4) is 5.75 Å². The van der Waals surface area contributed by atoms with Crippen molar-refractivity contribution in [3.63, 3.8) is 0 Å². The Morgan fingerprint density at radius 3 is 2.67 bits per heavy atom. The van der Waals surface area contributed by atoms with E-state index < -0.39 is 0 Å². The van der Waals surface area contributed by atoms with Crippen LogP contribution < -0.4 is 10.1 Å². The van der Waals surface area contributed by atoms with E-state index in [4.69, 9.17) is 21.3 Å². The molecular formula is C26H28ClN3O2S. The Morgan fingerprint density at radius 2 is 1.85 bits per heavy atom. The molecule has 2 heterocycles. The molecular weight excluding hydrogens is 454 g/mol. The number of carbonyl (C=O) groups excluding carboxylic acids is 1. The summed E-state index contributed by atoms with van der Waals surface area (Å²) >= 11 is 7.40. The molecule has 0 saturated heterocycles. The molecule has 2 aromatic carbocycles. The van der Waals surface area contributed by atoms with Crippen molar-refractivity contribution in [2.24, 2.45) is 0 Å². The first-order valence-electron chi connectivity index (χ1n) is 11.3. The molecule has 0 spiro atoms. The van der Waals surface area contributed by atoms with Crippen LogP contribution in [0, 0.1) is 0 Å². The van der Waals surface area contributed by atoms with E-state index in [1.807, 2.05) is 47.8 Å². The van der Waals surface area contributed by atoms with Crippen LogP contribution in [0.1, 0.15) is 41.2 Å². The number of halogens is 1. The molecule has 1 N–H and O–H groups in total. The highest BCUT2D eigenvalue weighted by atomic mass is 35.5. The molecule has 2 aromatic heterocycles. The number of ether oxygens (including phenoxy) is 1. The Kier molecular flexibility index (Phi) is 8.39. The first kappa shape index (κ1) is 23.3. The third-order valence-corrected chi connectivity index (χ3v) is 6.57. The first-order valence-corrected chi connectivity index (χ1v) is 12.6. The topological polar surface area (TPSA) is 56.2 Å². The van der Waals surface area contributed by atoms with Crippen LogP contribution in [-0.2, 0) is 13.0 Å². The van der Waals surface area contributed by atoms with Crippen LogP contribution >= 0.6 is 22.9 Å². The highest BCUT2D eigenvalue weighted by Gasteiger charge is 2.10. The number of aromatic nitrogens is 2. The molecule has 4 rings (SSSR count). The third kappa shape index (κ3) is 6.59. The van der Waals surface area contributed by atoms with Crippen molar-refractivity contribution < 1.29 is 9.53 Å². The van der Waals surface area contributed by atoms with Gasteiger partial charge in [-0.05, 0) is 67.1 Å². The molecule has 0 radical (unpaired) electrons. The number of aryl methyl sites for hydroxylation is 2. The number of nitrogens with zero attached hydrogens (tertiary/aromatic N) is 2. The van der Waals surface area contributed by atoms with Crippen molar-refractivity contribution in [2.45, 2.75) is 38.6 Å². The Bertz CT molecular complexity index is 1160. The maximum Gasteiger partial charge on any atom is 0.261 e. The van der Waals surface area contributed by atoms with Crippen LogP contribution in [0.3, 0.4) is 0 Å². The van der Waals surface area contributed by atoms with Gasteiger partial charge in [-0.2, -0.15) is 0 Å². The Morgan fingerprint density at radius 1 is 1.00 bits per heavy atom. The average Bonchev–Trinajstić information content (AvgIpc) is 3.49.